The fourth-order valence-corrected chi connectivity index (χ4v) is 1.68. The second-order valence-corrected chi connectivity index (χ2v) is 4.21. The van der Waals surface area contributed by atoms with E-state index in [0.717, 1.165) is 17.8 Å². The summed E-state index contributed by atoms with van der Waals surface area (Å²) in [5, 5.41) is 4.45. The quantitative estimate of drug-likeness (QED) is 0.852. The minimum Gasteiger partial charge on any atom is -0.381 e. The molecule has 0 fully saturated rings. The maximum absolute atomic E-state index is 5.93. The zero-order valence-corrected chi connectivity index (χ0v) is 10.0. The largest absolute Gasteiger partial charge is 0.381 e. The third kappa shape index (κ3) is 2.91. The van der Waals surface area contributed by atoms with Gasteiger partial charge in [0, 0.05) is 12.2 Å². The Morgan fingerprint density at radius 2 is 1.75 bits per heavy atom. The van der Waals surface area contributed by atoms with Crippen molar-refractivity contribution in [1.29, 1.82) is 0 Å². The van der Waals surface area contributed by atoms with Crippen LogP contribution in [-0.2, 0) is 6.54 Å². The Labute approximate surface area is 105 Å². The van der Waals surface area contributed by atoms with E-state index in [2.05, 4.69) is 11.4 Å². The molecule has 0 aliphatic carbocycles. The zero-order valence-electron chi connectivity index (χ0n) is 8.50. The molecule has 0 atom stereocenters. The topological polar surface area (TPSA) is 12.0 Å². The fraction of sp³-hybridized carbons (Fsp3) is 0.0769. The monoisotopic (exact) mass is 250 g/mol. The Kier molecular flexibility index (Phi) is 3.70. The molecule has 0 aliphatic heterocycles. The van der Waals surface area contributed by atoms with Gasteiger partial charge in [-0.1, -0.05) is 41.4 Å². The summed E-state index contributed by atoms with van der Waals surface area (Å²) in [4.78, 5) is 0. The van der Waals surface area contributed by atoms with Crippen molar-refractivity contribution in [2.75, 3.05) is 5.32 Å². The molecule has 2 rings (SSSR count). The average Bonchev–Trinajstić information content (AvgIpc) is 2.32. The molecule has 3 heteroatoms. The smallest absolute Gasteiger partial charge is 0.0595 e. The normalized spacial score (nSPS) is 10.1. The summed E-state index contributed by atoms with van der Waals surface area (Å²) in [6, 6.07) is 16.3. The van der Waals surface area contributed by atoms with Gasteiger partial charge in [-0.3, -0.25) is 0 Å². The van der Waals surface area contributed by atoms with Crippen LogP contribution in [0.3, 0.4) is 0 Å². The van der Waals surface area contributed by atoms with Crippen molar-refractivity contribution in [3.8, 4) is 0 Å². The number of rotatable bonds is 3. The first-order chi connectivity index (χ1) is 7.75. The molecule has 2 aromatic carbocycles. The predicted molar refractivity (Wildman–Crippen MR) is 69.1 cm³/mol. The number of anilines is 1. The minimum absolute atomic E-state index is 0.583. The highest BCUT2D eigenvalue weighted by Crippen LogP contribution is 2.22. The lowest BCUT2D eigenvalue weighted by atomic mass is 10.2. The number of halogens is 2. The van der Waals surface area contributed by atoms with Crippen LogP contribution in [0.4, 0.5) is 5.69 Å². The number of hydrogen-bond donors (Lipinski definition) is 1. The first kappa shape index (κ1) is 11.3. The van der Waals surface area contributed by atoms with Gasteiger partial charge < -0.3 is 5.32 Å². The summed E-state index contributed by atoms with van der Waals surface area (Å²) in [5.74, 6) is 0. The second-order valence-electron chi connectivity index (χ2n) is 3.39. The highest BCUT2D eigenvalue weighted by Gasteiger charge is 1.99. The highest BCUT2D eigenvalue weighted by atomic mass is 35.5. The summed E-state index contributed by atoms with van der Waals surface area (Å²) in [6.45, 7) is 0.723. The summed E-state index contributed by atoms with van der Waals surface area (Å²) >= 11 is 11.8. The molecular weight excluding hydrogens is 241 g/mol. The summed E-state index contributed by atoms with van der Waals surface area (Å²) in [7, 11) is 0. The van der Waals surface area contributed by atoms with Gasteiger partial charge in [0.05, 0.1) is 10.0 Å². The molecule has 0 amide bonds. The van der Waals surface area contributed by atoms with Crippen LogP contribution in [-0.4, -0.2) is 0 Å². The van der Waals surface area contributed by atoms with E-state index in [4.69, 9.17) is 23.2 Å². The van der Waals surface area contributed by atoms with E-state index in [1.165, 1.54) is 0 Å². The minimum atomic E-state index is 0.583. The van der Waals surface area contributed by atoms with Gasteiger partial charge in [-0.05, 0) is 35.9 Å². The molecule has 0 aromatic heterocycles. The van der Waals surface area contributed by atoms with Crippen LogP contribution in [0.1, 0.15) is 5.56 Å². The van der Waals surface area contributed by atoms with Crippen molar-refractivity contribution in [3.05, 3.63) is 64.1 Å². The van der Waals surface area contributed by atoms with Gasteiger partial charge in [0.2, 0.25) is 0 Å². The summed E-state index contributed by atoms with van der Waals surface area (Å²) in [5.41, 5.74) is 2.16. The van der Waals surface area contributed by atoms with E-state index < -0.39 is 0 Å². The van der Waals surface area contributed by atoms with Crippen molar-refractivity contribution < 1.29 is 0 Å². The standard InChI is InChI=1S/C13H10Cl2N/c14-12-7-6-10(8-13(12)15)9-16-11-4-2-1-3-5-11/h2-8,16H,9H2. The SMILES string of the molecule is Clc1ccc(CNc2cc[c]cc2)cc1Cl. The van der Waals surface area contributed by atoms with Gasteiger partial charge in [0.25, 0.3) is 0 Å². The second kappa shape index (κ2) is 5.24. The Bertz CT molecular complexity index is 469. The maximum atomic E-state index is 5.93. The molecule has 2 aromatic rings. The Morgan fingerprint density at radius 3 is 2.44 bits per heavy atom. The lowest BCUT2D eigenvalue weighted by Crippen LogP contribution is -1.98. The van der Waals surface area contributed by atoms with Gasteiger partial charge in [-0.2, -0.15) is 0 Å². The van der Waals surface area contributed by atoms with Gasteiger partial charge in [-0.25, -0.2) is 0 Å². The van der Waals surface area contributed by atoms with E-state index in [1.807, 2.05) is 36.4 Å². The third-order valence-electron chi connectivity index (χ3n) is 2.20. The van der Waals surface area contributed by atoms with Crippen LogP contribution in [0, 0.1) is 6.07 Å². The molecule has 0 heterocycles. The molecule has 0 spiro atoms. The van der Waals surface area contributed by atoms with Crippen molar-refractivity contribution >= 4 is 28.9 Å². The maximum Gasteiger partial charge on any atom is 0.0595 e. The first-order valence-corrected chi connectivity index (χ1v) is 5.65. The molecule has 0 unspecified atom stereocenters. The molecule has 1 radical (unpaired) electrons. The highest BCUT2D eigenvalue weighted by molar-refractivity contribution is 6.42. The van der Waals surface area contributed by atoms with Crippen molar-refractivity contribution in [3.63, 3.8) is 0 Å². The predicted octanol–water partition coefficient (Wildman–Crippen LogP) is 4.41. The molecular formula is C13H10Cl2N. The van der Waals surface area contributed by atoms with Crippen molar-refractivity contribution in [2.24, 2.45) is 0 Å². The van der Waals surface area contributed by atoms with Gasteiger partial charge in [0.1, 0.15) is 0 Å². The van der Waals surface area contributed by atoms with Gasteiger partial charge in [-0.15, -0.1) is 0 Å². The molecule has 1 nitrogen and oxygen atoms in total. The van der Waals surface area contributed by atoms with Crippen LogP contribution in [0.15, 0.2) is 42.5 Å². The molecule has 1 N–H and O–H groups in total. The Hall–Kier alpha value is -1.18. The average molecular weight is 251 g/mol. The molecule has 81 valence electrons. The van der Waals surface area contributed by atoms with Crippen LogP contribution in [0.5, 0.6) is 0 Å². The van der Waals surface area contributed by atoms with E-state index in [1.54, 1.807) is 6.07 Å². The van der Waals surface area contributed by atoms with E-state index in [-0.39, 0.29) is 0 Å². The van der Waals surface area contributed by atoms with Gasteiger partial charge >= 0.3 is 0 Å². The lowest BCUT2D eigenvalue weighted by molar-refractivity contribution is 1.15. The first-order valence-electron chi connectivity index (χ1n) is 4.89. The number of nitrogens with one attached hydrogen (secondary N) is 1. The summed E-state index contributed by atoms with van der Waals surface area (Å²) in [6.07, 6.45) is 0. The van der Waals surface area contributed by atoms with E-state index >= 15 is 0 Å². The molecule has 0 saturated heterocycles. The number of hydrogen-bond acceptors (Lipinski definition) is 1. The van der Waals surface area contributed by atoms with Crippen LogP contribution < -0.4 is 5.32 Å². The van der Waals surface area contributed by atoms with E-state index in [9.17, 15) is 0 Å². The van der Waals surface area contributed by atoms with Crippen molar-refractivity contribution in [2.45, 2.75) is 6.54 Å². The third-order valence-corrected chi connectivity index (χ3v) is 2.94. The molecule has 0 aliphatic rings. The summed E-state index contributed by atoms with van der Waals surface area (Å²) < 4.78 is 0. The zero-order chi connectivity index (χ0) is 11.4. The fourth-order valence-electron chi connectivity index (χ4n) is 1.36. The van der Waals surface area contributed by atoms with E-state index in [0.29, 0.717) is 10.0 Å². The Morgan fingerprint density at radius 1 is 1.00 bits per heavy atom. The van der Waals surface area contributed by atoms with Crippen LogP contribution in [0.25, 0.3) is 0 Å². The molecule has 16 heavy (non-hydrogen) atoms. The number of benzene rings is 2. The molecule has 0 saturated carbocycles. The van der Waals surface area contributed by atoms with Crippen molar-refractivity contribution in [1.82, 2.24) is 0 Å². The van der Waals surface area contributed by atoms with Crippen LogP contribution >= 0.6 is 23.2 Å². The Balaban J connectivity index is 2.03. The van der Waals surface area contributed by atoms with Gasteiger partial charge in [0.15, 0.2) is 0 Å². The van der Waals surface area contributed by atoms with Crippen LogP contribution in [0.2, 0.25) is 10.0 Å². The molecule has 0 bridgehead atoms. The lowest BCUT2D eigenvalue weighted by Gasteiger charge is -2.06.